The van der Waals surface area contributed by atoms with E-state index < -0.39 is 9.84 Å². The van der Waals surface area contributed by atoms with Gasteiger partial charge < -0.3 is 5.32 Å². The molecule has 0 aliphatic carbocycles. The minimum Gasteiger partial charge on any atom is -0.311 e. The van der Waals surface area contributed by atoms with Crippen molar-refractivity contribution in [2.45, 2.75) is 37.8 Å². The van der Waals surface area contributed by atoms with Crippen molar-refractivity contribution in [3.8, 4) is 0 Å². The molecule has 1 heterocycles. The van der Waals surface area contributed by atoms with Crippen LogP contribution in [-0.2, 0) is 16.4 Å². The average Bonchev–Trinajstić information content (AvgIpc) is 2.70. The first-order valence-electron chi connectivity index (χ1n) is 5.40. The van der Waals surface area contributed by atoms with Crippen LogP contribution in [0.25, 0.3) is 0 Å². The van der Waals surface area contributed by atoms with Gasteiger partial charge in [-0.25, -0.2) is 8.42 Å². The van der Waals surface area contributed by atoms with E-state index in [9.17, 15) is 8.42 Å². The first-order chi connectivity index (χ1) is 7.44. The Hall–Kier alpha value is -0.390. The first kappa shape index (κ1) is 13.7. The van der Waals surface area contributed by atoms with Gasteiger partial charge in [0.2, 0.25) is 0 Å². The summed E-state index contributed by atoms with van der Waals surface area (Å²) in [5, 5.41) is 4.57. The van der Waals surface area contributed by atoms with E-state index in [2.05, 4.69) is 5.32 Å². The Bertz CT molecular complexity index is 396. The van der Waals surface area contributed by atoms with E-state index >= 15 is 0 Å². The van der Waals surface area contributed by atoms with E-state index in [-0.39, 0.29) is 10.5 Å². The van der Waals surface area contributed by atoms with Crippen molar-refractivity contribution in [3.63, 3.8) is 0 Å². The van der Waals surface area contributed by atoms with Crippen molar-refractivity contribution in [1.29, 1.82) is 0 Å². The van der Waals surface area contributed by atoms with Crippen molar-refractivity contribution < 1.29 is 8.42 Å². The van der Waals surface area contributed by atoms with Gasteiger partial charge in [-0.1, -0.05) is 6.07 Å². The van der Waals surface area contributed by atoms with Gasteiger partial charge in [-0.2, -0.15) is 0 Å². The second-order valence-corrected chi connectivity index (χ2v) is 8.12. The molecule has 92 valence electrons. The van der Waals surface area contributed by atoms with E-state index in [1.54, 1.807) is 32.1 Å². The minimum atomic E-state index is -2.98. The van der Waals surface area contributed by atoms with Gasteiger partial charge in [0.25, 0.3) is 0 Å². The predicted octanol–water partition coefficient (Wildman–Crippen LogP) is 2.05. The highest BCUT2D eigenvalue weighted by Crippen LogP contribution is 2.10. The van der Waals surface area contributed by atoms with Gasteiger partial charge in [-0.3, -0.25) is 0 Å². The zero-order valence-electron chi connectivity index (χ0n) is 9.93. The average molecular weight is 261 g/mol. The summed E-state index contributed by atoms with van der Waals surface area (Å²) in [7, 11) is -2.98. The van der Waals surface area contributed by atoms with E-state index in [1.165, 1.54) is 4.88 Å². The van der Waals surface area contributed by atoms with Crippen LogP contribution < -0.4 is 5.32 Å². The minimum absolute atomic E-state index is 0.300. The maximum absolute atomic E-state index is 11.8. The van der Waals surface area contributed by atoms with Crippen molar-refractivity contribution in [2.24, 2.45) is 0 Å². The van der Waals surface area contributed by atoms with Crippen LogP contribution in [0.5, 0.6) is 0 Å². The summed E-state index contributed by atoms with van der Waals surface area (Å²) < 4.78 is 23.6. The molecular weight excluding hydrogens is 242 g/mol. The Labute approximate surface area is 102 Å². The summed E-state index contributed by atoms with van der Waals surface area (Å²) in [6.45, 7) is 6.47. The molecular formula is C11H19NO2S2. The summed E-state index contributed by atoms with van der Waals surface area (Å²) in [6, 6.07) is 4.04. The Kier molecular flexibility index (Phi) is 4.95. The molecule has 16 heavy (non-hydrogen) atoms. The molecule has 0 saturated carbocycles. The van der Waals surface area contributed by atoms with Gasteiger partial charge in [-0.05, 0) is 32.2 Å². The normalized spacial score (nSPS) is 14.2. The van der Waals surface area contributed by atoms with Crippen molar-refractivity contribution in [2.75, 3.05) is 6.54 Å². The summed E-state index contributed by atoms with van der Waals surface area (Å²) >= 11 is 1.68. The lowest BCUT2D eigenvalue weighted by atomic mass is 10.4. The van der Waals surface area contributed by atoms with Gasteiger partial charge in [-0.15, -0.1) is 11.3 Å². The van der Waals surface area contributed by atoms with Crippen LogP contribution in [0.15, 0.2) is 17.5 Å². The molecule has 1 unspecified atom stereocenters. The number of hydrogen-bond acceptors (Lipinski definition) is 4. The highest BCUT2D eigenvalue weighted by atomic mass is 32.2. The predicted molar refractivity (Wildman–Crippen MR) is 69.5 cm³/mol. The molecule has 0 radical (unpaired) electrons. The largest absolute Gasteiger partial charge is 0.311 e. The second-order valence-electron chi connectivity index (χ2n) is 4.16. The Morgan fingerprint density at radius 1 is 1.38 bits per heavy atom. The highest BCUT2D eigenvalue weighted by Gasteiger charge is 2.23. The quantitative estimate of drug-likeness (QED) is 0.852. The SMILES string of the molecule is CC(C)S(=O)(=O)C(C)CNCc1cccs1. The van der Waals surface area contributed by atoms with E-state index in [0.29, 0.717) is 6.54 Å². The molecule has 0 aliphatic heterocycles. The summed E-state index contributed by atoms with van der Waals surface area (Å²) in [5.74, 6) is 0. The van der Waals surface area contributed by atoms with Crippen molar-refractivity contribution in [3.05, 3.63) is 22.4 Å². The number of thiophene rings is 1. The van der Waals surface area contributed by atoms with Crippen LogP contribution >= 0.6 is 11.3 Å². The van der Waals surface area contributed by atoms with E-state index in [1.807, 2.05) is 17.5 Å². The van der Waals surface area contributed by atoms with Crippen LogP contribution in [-0.4, -0.2) is 25.5 Å². The van der Waals surface area contributed by atoms with Gasteiger partial charge >= 0.3 is 0 Å². The maximum Gasteiger partial charge on any atom is 0.156 e. The third kappa shape index (κ3) is 3.57. The smallest absolute Gasteiger partial charge is 0.156 e. The van der Waals surface area contributed by atoms with E-state index in [0.717, 1.165) is 6.54 Å². The molecule has 0 aromatic carbocycles. The lowest BCUT2D eigenvalue weighted by Crippen LogP contribution is -2.34. The monoisotopic (exact) mass is 261 g/mol. The van der Waals surface area contributed by atoms with Crippen LogP contribution in [0.1, 0.15) is 25.6 Å². The number of nitrogens with one attached hydrogen (secondary N) is 1. The van der Waals surface area contributed by atoms with Crippen molar-refractivity contribution in [1.82, 2.24) is 5.32 Å². The van der Waals surface area contributed by atoms with Crippen LogP contribution in [0.2, 0.25) is 0 Å². The molecule has 5 heteroatoms. The zero-order valence-corrected chi connectivity index (χ0v) is 11.6. The molecule has 1 rings (SSSR count). The van der Waals surface area contributed by atoms with Gasteiger partial charge in [0.15, 0.2) is 9.84 Å². The molecule has 0 saturated heterocycles. The van der Waals surface area contributed by atoms with Crippen LogP contribution in [0.3, 0.4) is 0 Å². The van der Waals surface area contributed by atoms with Gasteiger partial charge in [0, 0.05) is 18.0 Å². The number of hydrogen-bond donors (Lipinski definition) is 1. The summed E-state index contributed by atoms with van der Waals surface area (Å²) in [4.78, 5) is 1.23. The van der Waals surface area contributed by atoms with Crippen LogP contribution in [0.4, 0.5) is 0 Å². The van der Waals surface area contributed by atoms with Crippen molar-refractivity contribution >= 4 is 21.2 Å². The highest BCUT2D eigenvalue weighted by molar-refractivity contribution is 7.92. The Balaban J connectivity index is 2.39. The molecule has 1 N–H and O–H groups in total. The standard InChI is InChI=1S/C11H19NO2S2/c1-9(2)16(13,14)10(3)7-12-8-11-5-4-6-15-11/h4-6,9-10,12H,7-8H2,1-3H3. The molecule has 3 nitrogen and oxygen atoms in total. The molecule has 0 amide bonds. The second kappa shape index (κ2) is 5.80. The third-order valence-electron chi connectivity index (χ3n) is 2.53. The molecule has 1 atom stereocenters. The maximum atomic E-state index is 11.8. The zero-order chi connectivity index (χ0) is 12.2. The lowest BCUT2D eigenvalue weighted by Gasteiger charge is -2.16. The molecule has 0 spiro atoms. The summed E-state index contributed by atoms with van der Waals surface area (Å²) in [5.41, 5.74) is 0. The molecule has 1 aromatic heterocycles. The Morgan fingerprint density at radius 2 is 2.06 bits per heavy atom. The van der Waals surface area contributed by atoms with E-state index in [4.69, 9.17) is 0 Å². The number of rotatable bonds is 6. The molecule has 0 aliphatic rings. The fourth-order valence-corrected chi connectivity index (χ4v) is 3.35. The fourth-order valence-electron chi connectivity index (χ4n) is 1.39. The molecule has 1 aromatic rings. The van der Waals surface area contributed by atoms with Gasteiger partial charge in [0.05, 0.1) is 10.5 Å². The van der Waals surface area contributed by atoms with Crippen LogP contribution in [0, 0.1) is 0 Å². The molecule has 0 bridgehead atoms. The fraction of sp³-hybridized carbons (Fsp3) is 0.636. The lowest BCUT2D eigenvalue weighted by molar-refractivity contribution is 0.563. The first-order valence-corrected chi connectivity index (χ1v) is 7.89. The summed E-state index contributed by atoms with van der Waals surface area (Å²) in [6.07, 6.45) is 0. The topological polar surface area (TPSA) is 46.2 Å². The number of sulfone groups is 1. The Morgan fingerprint density at radius 3 is 2.56 bits per heavy atom. The van der Waals surface area contributed by atoms with Gasteiger partial charge in [0.1, 0.15) is 0 Å². The third-order valence-corrected chi connectivity index (χ3v) is 6.01. The molecule has 0 fully saturated rings.